The molecule has 0 aliphatic carbocycles. The SMILES string of the molecule is O=COCCCc1cc2ccccc2s1. The molecule has 3 heteroatoms. The Hall–Kier alpha value is -1.35. The standard InChI is InChI=1S/C12H12O2S/c13-9-14-7-3-5-11-8-10-4-1-2-6-12(10)15-11/h1-2,4,6,8-9H,3,5,7H2. The smallest absolute Gasteiger partial charge is 0.293 e. The van der Waals surface area contributed by atoms with Gasteiger partial charge in [-0.15, -0.1) is 11.3 Å². The molecule has 0 spiro atoms. The van der Waals surface area contributed by atoms with Crippen LogP contribution in [0.5, 0.6) is 0 Å². The van der Waals surface area contributed by atoms with E-state index in [-0.39, 0.29) is 0 Å². The normalized spacial score (nSPS) is 10.4. The van der Waals surface area contributed by atoms with E-state index in [9.17, 15) is 4.79 Å². The molecule has 2 rings (SSSR count). The molecule has 2 nitrogen and oxygen atoms in total. The van der Waals surface area contributed by atoms with Gasteiger partial charge in [0, 0.05) is 9.58 Å². The molecule has 0 aliphatic rings. The summed E-state index contributed by atoms with van der Waals surface area (Å²) in [4.78, 5) is 11.3. The quantitative estimate of drug-likeness (QED) is 0.572. The van der Waals surface area contributed by atoms with Crippen LogP contribution in [0.25, 0.3) is 10.1 Å². The Morgan fingerprint density at radius 2 is 2.20 bits per heavy atom. The van der Waals surface area contributed by atoms with Gasteiger partial charge < -0.3 is 4.74 Å². The van der Waals surface area contributed by atoms with E-state index in [0.29, 0.717) is 13.1 Å². The van der Waals surface area contributed by atoms with Crippen molar-refractivity contribution in [1.29, 1.82) is 0 Å². The number of benzene rings is 1. The zero-order chi connectivity index (χ0) is 10.5. The molecule has 0 atom stereocenters. The van der Waals surface area contributed by atoms with E-state index < -0.39 is 0 Å². The van der Waals surface area contributed by atoms with Crippen molar-refractivity contribution in [2.45, 2.75) is 12.8 Å². The van der Waals surface area contributed by atoms with Crippen molar-refractivity contribution in [3.05, 3.63) is 35.2 Å². The van der Waals surface area contributed by atoms with Crippen LogP contribution in [0.15, 0.2) is 30.3 Å². The number of fused-ring (bicyclic) bond motifs is 1. The summed E-state index contributed by atoms with van der Waals surface area (Å²) in [6.45, 7) is 1.02. The molecule has 2 aromatic rings. The highest BCUT2D eigenvalue weighted by Gasteiger charge is 2.00. The van der Waals surface area contributed by atoms with Gasteiger partial charge in [-0.3, -0.25) is 4.79 Å². The number of carbonyl (C=O) groups excluding carboxylic acids is 1. The molecule has 0 amide bonds. The predicted octanol–water partition coefficient (Wildman–Crippen LogP) is 3.01. The maximum atomic E-state index is 9.94. The van der Waals surface area contributed by atoms with Gasteiger partial charge in [-0.1, -0.05) is 18.2 Å². The topological polar surface area (TPSA) is 26.3 Å². The first-order chi connectivity index (χ1) is 7.40. The van der Waals surface area contributed by atoms with Crippen molar-refractivity contribution in [1.82, 2.24) is 0 Å². The molecule has 0 saturated heterocycles. The van der Waals surface area contributed by atoms with Crippen LogP contribution >= 0.6 is 11.3 Å². The number of carbonyl (C=O) groups is 1. The second-order valence-corrected chi connectivity index (χ2v) is 4.49. The van der Waals surface area contributed by atoms with E-state index in [2.05, 4.69) is 29.0 Å². The van der Waals surface area contributed by atoms with Gasteiger partial charge in [0.25, 0.3) is 6.47 Å². The molecule has 1 heterocycles. The molecule has 1 aromatic carbocycles. The van der Waals surface area contributed by atoms with Crippen molar-refractivity contribution in [3.8, 4) is 0 Å². The fourth-order valence-corrected chi connectivity index (χ4v) is 2.64. The van der Waals surface area contributed by atoms with Crippen LogP contribution in [-0.2, 0) is 16.0 Å². The monoisotopic (exact) mass is 220 g/mol. The maximum Gasteiger partial charge on any atom is 0.293 e. The molecule has 0 aliphatic heterocycles. The third-order valence-electron chi connectivity index (χ3n) is 2.23. The Morgan fingerprint density at radius 1 is 1.33 bits per heavy atom. The van der Waals surface area contributed by atoms with Gasteiger partial charge in [0.2, 0.25) is 0 Å². The first kappa shape index (κ1) is 10.2. The molecular weight excluding hydrogens is 208 g/mol. The molecule has 15 heavy (non-hydrogen) atoms. The number of hydrogen-bond donors (Lipinski definition) is 0. The minimum atomic E-state index is 0.505. The summed E-state index contributed by atoms with van der Waals surface area (Å²) in [7, 11) is 0. The molecule has 0 N–H and O–H groups in total. The van der Waals surface area contributed by atoms with Gasteiger partial charge in [0.05, 0.1) is 6.61 Å². The number of thiophene rings is 1. The van der Waals surface area contributed by atoms with E-state index in [1.54, 1.807) is 0 Å². The summed E-state index contributed by atoms with van der Waals surface area (Å²) < 4.78 is 5.98. The molecule has 1 aromatic heterocycles. The lowest BCUT2D eigenvalue weighted by atomic mass is 10.2. The van der Waals surface area contributed by atoms with Crippen molar-refractivity contribution in [2.75, 3.05) is 6.61 Å². The first-order valence-corrected chi connectivity index (χ1v) is 5.74. The minimum Gasteiger partial charge on any atom is -0.468 e. The Balaban J connectivity index is 1.99. The Morgan fingerprint density at radius 3 is 3.00 bits per heavy atom. The lowest BCUT2D eigenvalue weighted by molar-refractivity contribution is -0.128. The summed E-state index contributed by atoms with van der Waals surface area (Å²) in [6, 6.07) is 10.6. The fourth-order valence-electron chi connectivity index (χ4n) is 1.54. The minimum absolute atomic E-state index is 0.505. The van der Waals surface area contributed by atoms with Crippen molar-refractivity contribution < 1.29 is 9.53 Å². The third-order valence-corrected chi connectivity index (χ3v) is 3.41. The molecule has 78 valence electrons. The highest BCUT2D eigenvalue weighted by Crippen LogP contribution is 2.25. The average molecular weight is 220 g/mol. The van der Waals surface area contributed by atoms with Crippen molar-refractivity contribution in [2.24, 2.45) is 0 Å². The highest BCUT2D eigenvalue weighted by atomic mass is 32.1. The third kappa shape index (κ3) is 2.57. The average Bonchev–Trinajstić information content (AvgIpc) is 2.67. The van der Waals surface area contributed by atoms with Crippen LogP contribution in [0.4, 0.5) is 0 Å². The van der Waals surface area contributed by atoms with Crippen molar-refractivity contribution in [3.63, 3.8) is 0 Å². The van der Waals surface area contributed by atoms with E-state index in [1.807, 2.05) is 17.4 Å². The van der Waals surface area contributed by atoms with Crippen LogP contribution in [0.1, 0.15) is 11.3 Å². The first-order valence-electron chi connectivity index (χ1n) is 4.93. The van der Waals surface area contributed by atoms with Crippen LogP contribution in [0, 0.1) is 0 Å². The lowest BCUT2D eigenvalue weighted by Gasteiger charge is -1.95. The van der Waals surface area contributed by atoms with E-state index in [1.165, 1.54) is 15.0 Å². The van der Waals surface area contributed by atoms with Gasteiger partial charge >= 0.3 is 0 Å². The molecular formula is C12H12O2S. The van der Waals surface area contributed by atoms with Gasteiger partial charge in [-0.2, -0.15) is 0 Å². The fraction of sp³-hybridized carbons (Fsp3) is 0.250. The second kappa shape index (κ2) is 4.94. The van der Waals surface area contributed by atoms with E-state index >= 15 is 0 Å². The second-order valence-electron chi connectivity index (χ2n) is 3.32. The Kier molecular flexibility index (Phi) is 3.35. The van der Waals surface area contributed by atoms with Gasteiger partial charge in [0.1, 0.15) is 0 Å². The Bertz CT molecular complexity index is 415. The van der Waals surface area contributed by atoms with E-state index in [0.717, 1.165) is 12.8 Å². The van der Waals surface area contributed by atoms with Crippen LogP contribution in [-0.4, -0.2) is 13.1 Å². The molecule has 0 unspecified atom stereocenters. The van der Waals surface area contributed by atoms with Crippen LogP contribution in [0.2, 0.25) is 0 Å². The highest BCUT2D eigenvalue weighted by molar-refractivity contribution is 7.19. The van der Waals surface area contributed by atoms with Crippen molar-refractivity contribution >= 4 is 27.9 Å². The van der Waals surface area contributed by atoms with Crippen LogP contribution in [0.3, 0.4) is 0 Å². The molecule has 0 radical (unpaired) electrons. The molecule has 0 fully saturated rings. The van der Waals surface area contributed by atoms with Gasteiger partial charge in [0.15, 0.2) is 0 Å². The summed E-state index contributed by atoms with van der Waals surface area (Å²) >= 11 is 1.81. The molecule has 0 saturated carbocycles. The number of aryl methyl sites for hydroxylation is 1. The summed E-state index contributed by atoms with van der Waals surface area (Å²) in [5, 5.41) is 1.30. The van der Waals surface area contributed by atoms with Gasteiger partial charge in [-0.25, -0.2) is 0 Å². The summed E-state index contributed by atoms with van der Waals surface area (Å²) in [5.41, 5.74) is 0. The zero-order valence-electron chi connectivity index (χ0n) is 8.31. The summed E-state index contributed by atoms with van der Waals surface area (Å²) in [5.74, 6) is 0. The Labute approximate surface area is 92.5 Å². The number of ether oxygens (including phenoxy) is 1. The number of rotatable bonds is 5. The van der Waals surface area contributed by atoms with Crippen LogP contribution < -0.4 is 0 Å². The zero-order valence-corrected chi connectivity index (χ0v) is 9.13. The molecule has 0 bridgehead atoms. The number of hydrogen-bond acceptors (Lipinski definition) is 3. The maximum absolute atomic E-state index is 9.94. The lowest BCUT2D eigenvalue weighted by Crippen LogP contribution is -1.92. The van der Waals surface area contributed by atoms with Gasteiger partial charge in [-0.05, 0) is 30.4 Å². The largest absolute Gasteiger partial charge is 0.468 e. The van der Waals surface area contributed by atoms with E-state index in [4.69, 9.17) is 0 Å². The predicted molar refractivity (Wildman–Crippen MR) is 62.2 cm³/mol. The summed E-state index contributed by atoms with van der Waals surface area (Å²) in [6.07, 6.45) is 1.87.